The van der Waals surface area contributed by atoms with E-state index in [2.05, 4.69) is 4.98 Å². The van der Waals surface area contributed by atoms with Crippen LogP contribution < -0.4 is 0 Å². The second-order valence-corrected chi connectivity index (χ2v) is 5.31. The zero-order chi connectivity index (χ0) is 10.9. The van der Waals surface area contributed by atoms with E-state index in [0.29, 0.717) is 5.56 Å². The molecule has 1 heterocycles. The molecule has 0 aliphatic carbocycles. The van der Waals surface area contributed by atoms with Crippen LogP contribution in [-0.2, 0) is 9.05 Å². The average molecular weight is 244 g/mol. The molecule has 0 saturated carbocycles. The Morgan fingerprint density at radius 3 is 2.40 bits per heavy atom. The Morgan fingerprint density at radius 2 is 1.87 bits per heavy atom. The van der Waals surface area contributed by atoms with Gasteiger partial charge in [-0.1, -0.05) is 18.2 Å². The highest BCUT2D eigenvalue weighted by molar-refractivity contribution is 8.13. The minimum absolute atomic E-state index is 0.231. The Morgan fingerprint density at radius 1 is 1.20 bits per heavy atom. The predicted molar refractivity (Wildman–Crippen MR) is 55.0 cm³/mol. The number of oxazole rings is 1. The van der Waals surface area contributed by atoms with E-state index < -0.39 is 9.05 Å². The first-order valence-corrected chi connectivity index (χ1v) is 6.34. The molecule has 15 heavy (non-hydrogen) atoms. The predicted octanol–water partition coefficient (Wildman–Crippen LogP) is 2.27. The summed E-state index contributed by atoms with van der Waals surface area (Å²) < 4.78 is 26.8. The number of benzene rings is 1. The second kappa shape index (κ2) is 3.67. The van der Waals surface area contributed by atoms with E-state index in [4.69, 9.17) is 15.1 Å². The molecule has 0 unspecified atom stereocenters. The van der Waals surface area contributed by atoms with Crippen molar-refractivity contribution in [1.82, 2.24) is 4.98 Å². The highest BCUT2D eigenvalue weighted by atomic mass is 35.7. The van der Waals surface area contributed by atoms with Gasteiger partial charge in [-0.25, -0.2) is 8.42 Å². The molecule has 0 amide bonds. The second-order valence-electron chi connectivity index (χ2n) is 2.79. The molecule has 0 atom stereocenters. The van der Waals surface area contributed by atoms with Gasteiger partial charge in [0.1, 0.15) is 6.26 Å². The van der Waals surface area contributed by atoms with Crippen molar-refractivity contribution in [3.05, 3.63) is 36.6 Å². The quantitative estimate of drug-likeness (QED) is 0.759. The molecular weight excluding hydrogens is 238 g/mol. The molecule has 6 heteroatoms. The summed E-state index contributed by atoms with van der Waals surface area (Å²) >= 11 is 0. The normalized spacial score (nSPS) is 11.5. The Balaban J connectivity index is 2.46. The fourth-order valence-corrected chi connectivity index (χ4v) is 1.65. The first kappa shape index (κ1) is 10.2. The molecule has 0 saturated heterocycles. The Hall–Kier alpha value is -1.33. The van der Waals surface area contributed by atoms with Gasteiger partial charge in [-0.2, -0.15) is 4.98 Å². The minimum Gasteiger partial charge on any atom is -0.443 e. The summed E-state index contributed by atoms with van der Waals surface area (Å²) in [7, 11) is 1.29. The van der Waals surface area contributed by atoms with E-state index in [1.54, 1.807) is 24.3 Å². The fourth-order valence-electron chi connectivity index (χ4n) is 1.08. The number of nitrogens with zero attached hydrogens (tertiary/aromatic N) is 1. The van der Waals surface area contributed by atoms with Gasteiger partial charge >= 0.3 is 0 Å². The van der Waals surface area contributed by atoms with Crippen molar-refractivity contribution in [2.45, 2.75) is 5.03 Å². The van der Waals surface area contributed by atoms with Crippen LogP contribution in [0.2, 0.25) is 0 Å². The lowest BCUT2D eigenvalue weighted by Crippen LogP contribution is -1.89. The van der Waals surface area contributed by atoms with Gasteiger partial charge in [-0.05, 0) is 12.1 Å². The van der Waals surface area contributed by atoms with Crippen molar-refractivity contribution < 1.29 is 12.8 Å². The van der Waals surface area contributed by atoms with Crippen molar-refractivity contribution in [3.63, 3.8) is 0 Å². The van der Waals surface area contributed by atoms with Crippen LogP contribution in [-0.4, -0.2) is 13.4 Å². The molecular formula is C9H6ClNO3S. The lowest BCUT2D eigenvalue weighted by Gasteiger charge is -1.91. The maximum absolute atomic E-state index is 10.9. The minimum atomic E-state index is -3.82. The Bertz CT molecular complexity index is 562. The lowest BCUT2D eigenvalue weighted by atomic mass is 10.2. The molecule has 4 nitrogen and oxygen atoms in total. The van der Waals surface area contributed by atoms with E-state index in [9.17, 15) is 8.42 Å². The van der Waals surface area contributed by atoms with Crippen molar-refractivity contribution in [2.75, 3.05) is 0 Å². The first-order valence-electron chi connectivity index (χ1n) is 4.03. The number of hydrogen-bond donors (Lipinski definition) is 0. The van der Waals surface area contributed by atoms with Gasteiger partial charge in [0.25, 0.3) is 9.05 Å². The molecule has 0 fully saturated rings. The summed E-state index contributed by atoms with van der Waals surface area (Å²) in [4.78, 5) is 3.77. The Kier molecular flexibility index (Phi) is 2.50. The summed E-state index contributed by atoms with van der Waals surface area (Å²) in [6.07, 6.45) is 1.02. The number of hydrogen-bond acceptors (Lipinski definition) is 4. The largest absolute Gasteiger partial charge is 0.443 e. The molecule has 1 aromatic carbocycles. The van der Waals surface area contributed by atoms with Crippen molar-refractivity contribution >= 4 is 19.7 Å². The van der Waals surface area contributed by atoms with Crippen LogP contribution in [0.5, 0.6) is 0 Å². The smallest absolute Gasteiger partial charge is 0.281 e. The topological polar surface area (TPSA) is 60.2 Å². The molecule has 0 aliphatic rings. The van der Waals surface area contributed by atoms with Crippen LogP contribution in [0.1, 0.15) is 0 Å². The maximum Gasteiger partial charge on any atom is 0.281 e. The third kappa shape index (κ3) is 2.19. The molecule has 1 aromatic heterocycles. The molecule has 2 aromatic rings. The van der Waals surface area contributed by atoms with Crippen molar-refractivity contribution in [1.29, 1.82) is 0 Å². The lowest BCUT2D eigenvalue weighted by molar-refractivity contribution is 0.568. The van der Waals surface area contributed by atoms with Crippen molar-refractivity contribution in [2.24, 2.45) is 0 Å². The van der Waals surface area contributed by atoms with Gasteiger partial charge in [0.15, 0.2) is 0 Å². The maximum atomic E-state index is 10.9. The summed E-state index contributed by atoms with van der Waals surface area (Å²) in [5.41, 5.74) is 0.698. The number of halogens is 1. The van der Waals surface area contributed by atoms with Gasteiger partial charge in [-0.3, -0.25) is 0 Å². The summed E-state index contributed by atoms with van der Waals surface area (Å²) in [5, 5.41) is -0.275. The van der Waals surface area contributed by atoms with Gasteiger partial charge in [-0.15, -0.1) is 0 Å². The van der Waals surface area contributed by atoms with Crippen LogP contribution in [0.25, 0.3) is 11.5 Å². The molecule has 2 rings (SSSR count). The van der Waals surface area contributed by atoms with Crippen LogP contribution in [0.4, 0.5) is 0 Å². The standard InChI is InChI=1S/C9H6ClNO3S/c10-15(12,13)8-6-14-9(11-8)7-4-2-1-3-5-7/h1-6H. The molecule has 0 bridgehead atoms. The number of aromatic nitrogens is 1. The van der Waals surface area contributed by atoms with Gasteiger partial charge in [0.2, 0.25) is 10.9 Å². The molecule has 0 aliphatic heterocycles. The molecule has 78 valence electrons. The van der Waals surface area contributed by atoms with E-state index in [1.165, 1.54) is 0 Å². The average Bonchev–Trinajstić information content (AvgIpc) is 2.67. The zero-order valence-electron chi connectivity index (χ0n) is 7.42. The van der Waals surface area contributed by atoms with E-state index in [0.717, 1.165) is 6.26 Å². The molecule has 0 spiro atoms. The summed E-state index contributed by atoms with van der Waals surface area (Å²) in [6, 6.07) is 8.96. The highest BCUT2D eigenvalue weighted by Crippen LogP contribution is 2.21. The number of rotatable bonds is 2. The SMILES string of the molecule is O=S(=O)(Cl)c1coc(-c2ccccc2)n1. The third-order valence-electron chi connectivity index (χ3n) is 1.75. The van der Waals surface area contributed by atoms with E-state index in [-0.39, 0.29) is 10.9 Å². The van der Waals surface area contributed by atoms with E-state index >= 15 is 0 Å². The van der Waals surface area contributed by atoms with Crippen LogP contribution in [0, 0.1) is 0 Å². The monoisotopic (exact) mass is 243 g/mol. The van der Waals surface area contributed by atoms with Crippen molar-refractivity contribution in [3.8, 4) is 11.5 Å². The zero-order valence-corrected chi connectivity index (χ0v) is 8.99. The Labute approximate surface area is 90.9 Å². The first-order chi connectivity index (χ1) is 7.07. The third-order valence-corrected chi connectivity index (χ3v) is 2.92. The van der Waals surface area contributed by atoms with Gasteiger partial charge < -0.3 is 4.42 Å². The van der Waals surface area contributed by atoms with E-state index in [1.807, 2.05) is 6.07 Å². The summed E-state index contributed by atoms with van der Waals surface area (Å²) in [5.74, 6) is 0.231. The fraction of sp³-hybridized carbons (Fsp3) is 0. The highest BCUT2D eigenvalue weighted by Gasteiger charge is 2.16. The van der Waals surface area contributed by atoms with Gasteiger partial charge in [0, 0.05) is 16.2 Å². The van der Waals surface area contributed by atoms with Crippen LogP contribution in [0.15, 0.2) is 46.0 Å². The molecule has 0 N–H and O–H groups in total. The molecule has 0 radical (unpaired) electrons. The van der Waals surface area contributed by atoms with Gasteiger partial charge in [0.05, 0.1) is 0 Å². The van der Waals surface area contributed by atoms with Crippen LogP contribution >= 0.6 is 10.7 Å². The summed E-state index contributed by atoms with van der Waals surface area (Å²) in [6.45, 7) is 0. The van der Waals surface area contributed by atoms with Crippen LogP contribution in [0.3, 0.4) is 0 Å².